The standard InChI is InChI=1S/C12H16FNO3/c1-8(16)14-12-9(4-2-5-10(12)13)11(17)6-3-7-15/h2,4-5,11,15,17H,3,6-7H2,1H3,(H,14,16). The average Bonchev–Trinajstić information content (AvgIpc) is 2.28. The highest BCUT2D eigenvalue weighted by Crippen LogP contribution is 2.28. The second-order valence-electron chi connectivity index (χ2n) is 3.77. The maximum atomic E-state index is 13.5. The first-order chi connectivity index (χ1) is 8.06. The summed E-state index contributed by atoms with van der Waals surface area (Å²) >= 11 is 0. The Morgan fingerprint density at radius 3 is 2.82 bits per heavy atom. The number of para-hydroxylation sites is 1. The summed E-state index contributed by atoms with van der Waals surface area (Å²) in [6, 6.07) is 4.24. The molecule has 94 valence electrons. The van der Waals surface area contributed by atoms with Crippen LogP contribution < -0.4 is 5.32 Å². The quantitative estimate of drug-likeness (QED) is 0.733. The lowest BCUT2D eigenvalue weighted by atomic mass is 10.0. The van der Waals surface area contributed by atoms with Gasteiger partial charge in [-0.2, -0.15) is 0 Å². The minimum absolute atomic E-state index is 0.00504. The fourth-order valence-corrected chi connectivity index (χ4v) is 1.57. The molecule has 0 aliphatic carbocycles. The molecule has 0 fully saturated rings. The Morgan fingerprint density at radius 1 is 1.53 bits per heavy atom. The molecule has 1 unspecified atom stereocenters. The van der Waals surface area contributed by atoms with Crippen LogP contribution in [0.25, 0.3) is 0 Å². The molecule has 0 saturated heterocycles. The van der Waals surface area contributed by atoms with E-state index in [1.807, 2.05) is 0 Å². The first kappa shape index (κ1) is 13.6. The molecule has 0 aliphatic rings. The first-order valence-electron chi connectivity index (χ1n) is 5.41. The summed E-state index contributed by atoms with van der Waals surface area (Å²) < 4.78 is 13.5. The number of benzene rings is 1. The number of anilines is 1. The Hall–Kier alpha value is -1.46. The maximum absolute atomic E-state index is 13.5. The van der Waals surface area contributed by atoms with Gasteiger partial charge in [-0.25, -0.2) is 4.39 Å². The number of amides is 1. The second-order valence-corrected chi connectivity index (χ2v) is 3.77. The van der Waals surface area contributed by atoms with Crippen molar-refractivity contribution in [1.82, 2.24) is 0 Å². The molecule has 5 heteroatoms. The van der Waals surface area contributed by atoms with Crippen LogP contribution in [0.2, 0.25) is 0 Å². The van der Waals surface area contributed by atoms with Crippen molar-refractivity contribution < 1.29 is 19.4 Å². The molecule has 0 aromatic heterocycles. The van der Waals surface area contributed by atoms with Crippen molar-refractivity contribution in [2.45, 2.75) is 25.9 Å². The number of hydrogen-bond donors (Lipinski definition) is 3. The Morgan fingerprint density at radius 2 is 2.24 bits per heavy atom. The lowest BCUT2D eigenvalue weighted by Crippen LogP contribution is -2.12. The normalized spacial score (nSPS) is 12.2. The van der Waals surface area contributed by atoms with Crippen molar-refractivity contribution >= 4 is 11.6 Å². The van der Waals surface area contributed by atoms with Gasteiger partial charge in [-0.05, 0) is 18.9 Å². The third-order valence-electron chi connectivity index (χ3n) is 2.34. The molecule has 0 bridgehead atoms. The number of aliphatic hydroxyl groups excluding tert-OH is 2. The van der Waals surface area contributed by atoms with Gasteiger partial charge in [0.25, 0.3) is 0 Å². The number of carbonyl (C=O) groups is 1. The van der Waals surface area contributed by atoms with Gasteiger partial charge >= 0.3 is 0 Å². The van der Waals surface area contributed by atoms with Crippen LogP contribution in [0.4, 0.5) is 10.1 Å². The van der Waals surface area contributed by atoms with Crippen molar-refractivity contribution in [1.29, 1.82) is 0 Å². The van der Waals surface area contributed by atoms with Crippen LogP contribution in [-0.2, 0) is 4.79 Å². The van der Waals surface area contributed by atoms with Crippen LogP contribution in [0.5, 0.6) is 0 Å². The van der Waals surface area contributed by atoms with Gasteiger partial charge in [-0.15, -0.1) is 0 Å². The number of rotatable bonds is 5. The summed E-state index contributed by atoms with van der Waals surface area (Å²) in [5, 5.41) is 20.9. The van der Waals surface area contributed by atoms with E-state index in [4.69, 9.17) is 5.11 Å². The van der Waals surface area contributed by atoms with E-state index in [2.05, 4.69) is 5.32 Å². The average molecular weight is 241 g/mol. The first-order valence-corrected chi connectivity index (χ1v) is 5.41. The third kappa shape index (κ3) is 3.80. The SMILES string of the molecule is CC(=O)Nc1c(F)cccc1C(O)CCCO. The van der Waals surface area contributed by atoms with Gasteiger partial charge < -0.3 is 15.5 Å². The smallest absolute Gasteiger partial charge is 0.221 e. The van der Waals surface area contributed by atoms with Crippen LogP contribution in [0.15, 0.2) is 18.2 Å². The highest BCUT2D eigenvalue weighted by Gasteiger charge is 2.16. The monoisotopic (exact) mass is 241 g/mol. The topological polar surface area (TPSA) is 69.6 Å². The highest BCUT2D eigenvalue weighted by molar-refractivity contribution is 5.89. The fraction of sp³-hybridized carbons (Fsp3) is 0.417. The lowest BCUT2D eigenvalue weighted by Gasteiger charge is -2.16. The third-order valence-corrected chi connectivity index (χ3v) is 2.34. The van der Waals surface area contributed by atoms with Crippen molar-refractivity contribution in [3.05, 3.63) is 29.6 Å². The Balaban J connectivity index is 2.96. The van der Waals surface area contributed by atoms with Gasteiger partial charge in [0.2, 0.25) is 5.91 Å². The van der Waals surface area contributed by atoms with Gasteiger partial charge in [-0.1, -0.05) is 12.1 Å². The summed E-state index contributed by atoms with van der Waals surface area (Å²) in [5.74, 6) is -0.980. The van der Waals surface area contributed by atoms with E-state index in [1.54, 1.807) is 6.07 Å². The Bertz CT molecular complexity index is 395. The van der Waals surface area contributed by atoms with E-state index in [9.17, 15) is 14.3 Å². The van der Waals surface area contributed by atoms with Gasteiger partial charge in [0.1, 0.15) is 5.82 Å². The fourth-order valence-electron chi connectivity index (χ4n) is 1.57. The molecule has 0 aliphatic heterocycles. The van der Waals surface area contributed by atoms with Gasteiger partial charge in [0, 0.05) is 19.1 Å². The molecule has 1 atom stereocenters. The van der Waals surface area contributed by atoms with Crippen LogP contribution in [0, 0.1) is 5.82 Å². The van der Waals surface area contributed by atoms with Crippen LogP contribution in [-0.4, -0.2) is 22.7 Å². The lowest BCUT2D eigenvalue weighted by molar-refractivity contribution is -0.114. The van der Waals surface area contributed by atoms with Crippen molar-refractivity contribution in [2.75, 3.05) is 11.9 Å². The van der Waals surface area contributed by atoms with Crippen LogP contribution in [0.3, 0.4) is 0 Å². The molecule has 0 radical (unpaired) electrons. The van der Waals surface area contributed by atoms with Crippen molar-refractivity contribution in [3.8, 4) is 0 Å². The van der Waals surface area contributed by atoms with E-state index in [-0.39, 0.29) is 12.3 Å². The summed E-state index contributed by atoms with van der Waals surface area (Å²) in [7, 11) is 0. The second kappa shape index (κ2) is 6.32. The molecule has 0 spiro atoms. The van der Waals surface area contributed by atoms with Gasteiger partial charge in [0.05, 0.1) is 11.8 Å². The summed E-state index contributed by atoms with van der Waals surface area (Å²) in [6.07, 6.45) is -0.177. The number of halogens is 1. The number of carbonyl (C=O) groups excluding carboxylic acids is 1. The molecule has 17 heavy (non-hydrogen) atoms. The molecular formula is C12H16FNO3. The zero-order valence-corrected chi connectivity index (χ0v) is 9.61. The van der Waals surface area contributed by atoms with E-state index < -0.39 is 17.8 Å². The highest BCUT2D eigenvalue weighted by atomic mass is 19.1. The zero-order valence-electron chi connectivity index (χ0n) is 9.61. The zero-order chi connectivity index (χ0) is 12.8. The van der Waals surface area contributed by atoms with Gasteiger partial charge in [-0.3, -0.25) is 4.79 Å². The van der Waals surface area contributed by atoms with Crippen molar-refractivity contribution in [2.24, 2.45) is 0 Å². The molecule has 1 amide bonds. The predicted molar refractivity (Wildman–Crippen MR) is 62.0 cm³/mol. The number of hydrogen-bond acceptors (Lipinski definition) is 3. The molecule has 1 rings (SSSR count). The molecule has 0 saturated carbocycles. The van der Waals surface area contributed by atoms with E-state index in [1.165, 1.54) is 19.1 Å². The number of aliphatic hydroxyl groups is 2. The predicted octanol–water partition coefficient (Wildman–Crippen LogP) is 1.59. The Labute approximate surface area is 99.1 Å². The number of nitrogens with one attached hydrogen (secondary N) is 1. The molecule has 1 aromatic rings. The molecular weight excluding hydrogens is 225 g/mol. The molecule has 0 heterocycles. The van der Waals surface area contributed by atoms with E-state index in [0.717, 1.165) is 0 Å². The summed E-state index contributed by atoms with van der Waals surface area (Å²) in [4.78, 5) is 11.0. The molecule has 3 N–H and O–H groups in total. The van der Waals surface area contributed by atoms with Gasteiger partial charge in [0.15, 0.2) is 0 Å². The maximum Gasteiger partial charge on any atom is 0.221 e. The minimum atomic E-state index is -0.903. The summed E-state index contributed by atoms with van der Waals surface area (Å²) in [5.41, 5.74) is 0.332. The summed E-state index contributed by atoms with van der Waals surface area (Å²) in [6.45, 7) is 1.23. The Kier molecular flexibility index (Phi) is 5.06. The van der Waals surface area contributed by atoms with Crippen LogP contribution >= 0.6 is 0 Å². The van der Waals surface area contributed by atoms with Crippen molar-refractivity contribution in [3.63, 3.8) is 0 Å². The minimum Gasteiger partial charge on any atom is -0.396 e. The molecule has 4 nitrogen and oxygen atoms in total. The molecule has 1 aromatic carbocycles. The van der Waals surface area contributed by atoms with Crippen LogP contribution in [0.1, 0.15) is 31.4 Å². The largest absolute Gasteiger partial charge is 0.396 e. The van der Waals surface area contributed by atoms with E-state index in [0.29, 0.717) is 18.4 Å². The van der Waals surface area contributed by atoms with E-state index >= 15 is 0 Å².